The zero-order valence-electron chi connectivity index (χ0n) is 9.11. The molecule has 1 aromatic rings. The molecule has 0 radical (unpaired) electrons. The van der Waals surface area contributed by atoms with Gasteiger partial charge in [-0.15, -0.1) is 0 Å². The number of hydrogen-bond acceptors (Lipinski definition) is 4. The van der Waals surface area contributed by atoms with Gasteiger partial charge in [0.05, 0.1) is 22.6 Å². The summed E-state index contributed by atoms with van der Waals surface area (Å²) in [7, 11) is 0. The molecule has 0 aliphatic carbocycles. The predicted molar refractivity (Wildman–Crippen MR) is 55.6 cm³/mol. The van der Waals surface area contributed by atoms with Crippen molar-refractivity contribution in [3.05, 3.63) is 39.4 Å². The normalized spacial score (nSPS) is 11.4. The van der Waals surface area contributed by atoms with E-state index in [0.29, 0.717) is 12.1 Å². The van der Waals surface area contributed by atoms with Crippen molar-refractivity contribution in [1.82, 2.24) is 5.32 Å². The van der Waals surface area contributed by atoms with Crippen LogP contribution in [0.3, 0.4) is 0 Å². The van der Waals surface area contributed by atoms with Crippen LogP contribution in [-0.2, 0) is 0 Å². The Morgan fingerprint density at radius 3 is 2.61 bits per heavy atom. The molecule has 0 fully saturated rings. The summed E-state index contributed by atoms with van der Waals surface area (Å²) in [5.74, 6) is -3.57. The SMILES string of the molecule is CC(C#N)NC(=O)c1cc(F)c([N+](=O)[O-])cc1F. The summed E-state index contributed by atoms with van der Waals surface area (Å²) in [6, 6.07) is 1.52. The Labute approximate surface area is 100.0 Å². The molecule has 0 heterocycles. The highest BCUT2D eigenvalue weighted by molar-refractivity contribution is 5.95. The average molecular weight is 255 g/mol. The zero-order valence-corrected chi connectivity index (χ0v) is 9.11. The number of nitro benzene ring substituents is 1. The van der Waals surface area contributed by atoms with Gasteiger partial charge in [-0.2, -0.15) is 9.65 Å². The van der Waals surface area contributed by atoms with E-state index < -0.39 is 39.8 Å². The van der Waals surface area contributed by atoms with Crippen molar-refractivity contribution >= 4 is 11.6 Å². The minimum absolute atomic E-state index is 0.321. The lowest BCUT2D eigenvalue weighted by Gasteiger charge is -2.07. The molecule has 94 valence electrons. The molecule has 1 N–H and O–H groups in total. The molecule has 6 nitrogen and oxygen atoms in total. The number of benzene rings is 1. The third-order valence-electron chi connectivity index (χ3n) is 2.02. The Hall–Kier alpha value is -2.56. The summed E-state index contributed by atoms with van der Waals surface area (Å²) in [5.41, 5.74) is -1.75. The Morgan fingerprint density at radius 1 is 1.50 bits per heavy atom. The van der Waals surface area contributed by atoms with E-state index in [-0.39, 0.29) is 0 Å². The van der Waals surface area contributed by atoms with E-state index in [0.717, 1.165) is 0 Å². The van der Waals surface area contributed by atoms with Gasteiger partial charge in [-0.05, 0) is 13.0 Å². The molecule has 0 aliphatic heterocycles. The molecule has 0 aromatic heterocycles. The van der Waals surface area contributed by atoms with E-state index in [4.69, 9.17) is 5.26 Å². The minimum atomic E-state index is -1.32. The smallest absolute Gasteiger partial charge is 0.307 e. The zero-order chi connectivity index (χ0) is 13.9. The first kappa shape index (κ1) is 13.5. The van der Waals surface area contributed by atoms with Crippen molar-refractivity contribution in [2.45, 2.75) is 13.0 Å². The standard InChI is InChI=1S/C10H7F2N3O3/c1-5(4-13)14-10(16)6-2-8(12)9(15(17)18)3-7(6)11/h2-3,5H,1H3,(H,14,16). The monoisotopic (exact) mass is 255 g/mol. The van der Waals surface area contributed by atoms with Gasteiger partial charge in [0.15, 0.2) is 0 Å². The first-order valence-corrected chi connectivity index (χ1v) is 4.70. The number of nitriles is 1. The number of carbonyl (C=O) groups excluding carboxylic acids is 1. The van der Waals surface area contributed by atoms with E-state index in [9.17, 15) is 23.7 Å². The van der Waals surface area contributed by atoms with E-state index >= 15 is 0 Å². The highest BCUT2D eigenvalue weighted by Gasteiger charge is 2.22. The lowest BCUT2D eigenvalue weighted by molar-refractivity contribution is -0.387. The molecule has 1 amide bonds. The molecule has 1 aromatic carbocycles. The molecular formula is C10H7F2N3O3. The molecule has 1 unspecified atom stereocenters. The summed E-state index contributed by atoms with van der Waals surface area (Å²) in [6.45, 7) is 1.34. The molecule has 1 rings (SSSR count). The van der Waals surface area contributed by atoms with E-state index in [1.54, 1.807) is 6.07 Å². The van der Waals surface area contributed by atoms with Crippen LogP contribution in [-0.4, -0.2) is 16.9 Å². The fraction of sp³-hybridized carbons (Fsp3) is 0.200. The van der Waals surface area contributed by atoms with Gasteiger partial charge < -0.3 is 5.32 Å². The lowest BCUT2D eigenvalue weighted by Crippen LogP contribution is -2.32. The van der Waals surface area contributed by atoms with E-state index in [1.165, 1.54) is 6.92 Å². The molecule has 0 saturated carbocycles. The average Bonchev–Trinajstić information content (AvgIpc) is 2.30. The summed E-state index contributed by atoms with van der Waals surface area (Å²) in [4.78, 5) is 20.7. The minimum Gasteiger partial charge on any atom is -0.336 e. The van der Waals surface area contributed by atoms with Crippen LogP contribution >= 0.6 is 0 Å². The maximum Gasteiger partial charge on any atom is 0.307 e. The largest absolute Gasteiger partial charge is 0.336 e. The summed E-state index contributed by atoms with van der Waals surface area (Å²) in [5, 5.41) is 20.9. The van der Waals surface area contributed by atoms with Crippen LogP contribution in [0.1, 0.15) is 17.3 Å². The maximum atomic E-state index is 13.4. The number of nitrogens with zero attached hydrogens (tertiary/aromatic N) is 2. The molecule has 0 aliphatic rings. The number of halogens is 2. The first-order valence-electron chi connectivity index (χ1n) is 4.70. The summed E-state index contributed by atoms with van der Waals surface area (Å²) in [6.07, 6.45) is 0. The van der Waals surface area contributed by atoms with E-state index in [2.05, 4.69) is 5.32 Å². The molecule has 1 atom stereocenters. The van der Waals surface area contributed by atoms with Crippen molar-refractivity contribution < 1.29 is 18.5 Å². The van der Waals surface area contributed by atoms with Gasteiger partial charge in [-0.1, -0.05) is 0 Å². The molecule has 0 bridgehead atoms. The van der Waals surface area contributed by atoms with Crippen LogP contribution in [0.15, 0.2) is 12.1 Å². The van der Waals surface area contributed by atoms with Gasteiger partial charge in [0.1, 0.15) is 11.9 Å². The van der Waals surface area contributed by atoms with E-state index in [1.807, 2.05) is 0 Å². The van der Waals surface area contributed by atoms with Crippen molar-refractivity contribution in [2.75, 3.05) is 0 Å². The highest BCUT2D eigenvalue weighted by atomic mass is 19.1. The molecular weight excluding hydrogens is 248 g/mol. The van der Waals surface area contributed by atoms with Crippen LogP contribution in [0.25, 0.3) is 0 Å². The van der Waals surface area contributed by atoms with Crippen LogP contribution in [0, 0.1) is 33.1 Å². The summed E-state index contributed by atoms with van der Waals surface area (Å²) >= 11 is 0. The van der Waals surface area contributed by atoms with Crippen LogP contribution < -0.4 is 5.32 Å². The van der Waals surface area contributed by atoms with Gasteiger partial charge in [-0.3, -0.25) is 14.9 Å². The van der Waals surface area contributed by atoms with Gasteiger partial charge in [0.25, 0.3) is 5.91 Å². The molecule has 8 heteroatoms. The highest BCUT2D eigenvalue weighted by Crippen LogP contribution is 2.21. The third kappa shape index (κ3) is 2.76. The Bertz CT molecular complexity index is 554. The van der Waals surface area contributed by atoms with Gasteiger partial charge in [0, 0.05) is 0 Å². The third-order valence-corrected chi connectivity index (χ3v) is 2.02. The molecule has 0 saturated heterocycles. The number of hydrogen-bond donors (Lipinski definition) is 1. The van der Waals surface area contributed by atoms with Crippen molar-refractivity contribution in [1.29, 1.82) is 5.26 Å². The second-order valence-corrected chi connectivity index (χ2v) is 3.36. The number of nitro groups is 1. The van der Waals surface area contributed by atoms with Gasteiger partial charge in [0.2, 0.25) is 5.82 Å². The Morgan fingerprint density at radius 2 is 2.11 bits per heavy atom. The maximum absolute atomic E-state index is 13.4. The Kier molecular flexibility index (Phi) is 3.89. The number of carbonyl (C=O) groups is 1. The number of nitrogens with one attached hydrogen (secondary N) is 1. The van der Waals surface area contributed by atoms with Gasteiger partial charge >= 0.3 is 5.69 Å². The molecule has 0 spiro atoms. The fourth-order valence-electron chi connectivity index (χ4n) is 1.16. The van der Waals surface area contributed by atoms with Crippen LogP contribution in [0.5, 0.6) is 0 Å². The second-order valence-electron chi connectivity index (χ2n) is 3.36. The molecule has 18 heavy (non-hydrogen) atoms. The van der Waals surface area contributed by atoms with Crippen molar-refractivity contribution in [3.8, 4) is 6.07 Å². The Balaban J connectivity index is 3.13. The van der Waals surface area contributed by atoms with Crippen molar-refractivity contribution in [2.24, 2.45) is 0 Å². The number of amides is 1. The number of rotatable bonds is 3. The fourth-order valence-corrected chi connectivity index (χ4v) is 1.16. The summed E-state index contributed by atoms with van der Waals surface area (Å²) < 4.78 is 26.6. The second kappa shape index (κ2) is 5.18. The van der Waals surface area contributed by atoms with Gasteiger partial charge in [-0.25, -0.2) is 4.39 Å². The lowest BCUT2D eigenvalue weighted by atomic mass is 10.1. The van der Waals surface area contributed by atoms with Crippen molar-refractivity contribution in [3.63, 3.8) is 0 Å². The quantitative estimate of drug-likeness (QED) is 0.654. The topological polar surface area (TPSA) is 96.0 Å². The predicted octanol–water partition coefficient (Wildman–Crippen LogP) is 1.51. The van der Waals surface area contributed by atoms with Crippen LogP contribution in [0.2, 0.25) is 0 Å². The van der Waals surface area contributed by atoms with Crippen LogP contribution in [0.4, 0.5) is 14.5 Å². The first-order chi connectivity index (χ1) is 8.36.